The van der Waals surface area contributed by atoms with Crippen LogP contribution in [0.2, 0.25) is 0 Å². The number of allylic oxidation sites excluding steroid dienone is 1. The van der Waals surface area contributed by atoms with Gasteiger partial charge in [-0.15, -0.1) is 0 Å². The van der Waals surface area contributed by atoms with E-state index in [1.54, 1.807) is 13.2 Å². The van der Waals surface area contributed by atoms with E-state index in [0.717, 1.165) is 16.7 Å². The van der Waals surface area contributed by atoms with E-state index >= 15 is 0 Å². The Labute approximate surface area is 200 Å². The van der Waals surface area contributed by atoms with Gasteiger partial charge in [0, 0.05) is 25.3 Å². The number of hydrogen-bond acceptors (Lipinski definition) is 5. The molecule has 3 aromatic rings. The quantitative estimate of drug-likeness (QED) is 0.230. The zero-order valence-corrected chi connectivity index (χ0v) is 20.0. The molecule has 3 rings (SSSR count). The molecule has 0 unspecified atom stereocenters. The van der Waals surface area contributed by atoms with Crippen LogP contribution in [0.4, 0.5) is 0 Å². The zero-order chi connectivity index (χ0) is 24.5. The van der Waals surface area contributed by atoms with Gasteiger partial charge in [0.15, 0.2) is 13.6 Å². The van der Waals surface area contributed by atoms with Gasteiger partial charge in [0.05, 0.1) is 5.57 Å². The van der Waals surface area contributed by atoms with Crippen LogP contribution in [0.1, 0.15) is 27.8 Å². The van der Waals surface area contributed by atoms with Crippen molar-refractivity contribution < 1.29 is 28.8 Å². The predicted octanol–water partition coefficient (Wildman–Crippen LogP) is 5.51. The molecule has 0 radical (unpaired) electrons. The number of aryl methyl sites for hydroxylation is 2. The summed E-state index contributed by atoms with van der Waals surface area (Å²) < 4.78 is 21.8. The molecule has 0 bridgehead atoms. The van der Waals surface area contributed by atoms with Crippen molar-refractivity contribution >= 4 is 17.1 Å². The maximum absolute atomic E-state index is 12.8. The maximum atomic E-state index is 12.8. The topological polar surface area (TPSA) is 74.2 Å². The first kappa shape index (κ1) is 25.0. The van der Waals surface area contributed by atoms with E-state index in [4.69, 9.17) is 18.9 Å². The number of methoxy groups -OCH3 is 2. The number of carboxylic acids is 1. The molecule has 0 amide bonds. The van der Waals surface area contributed by atoms with Crippen LogP contribution in [0.25, 0.3) is 11.1 Å². The Morgan fingerprint density at radius 2 is 1.29 bits per heavy atom. The number of hydrogen-bond donors (Lipinski definition) is 1. The van der Waals surface area contributed by atoms with E-state index in [9.17, 15) is 9.90 Å². The highest BCUT2D eigenvalue weighted by molar-refractivity contribution is 6.25. The monoisotopic (exact) mass is 462 g/mol. The molecule has 3 aromatic carbocycles. The molecule has 6 nitrogen and oxygen atoms in total. The molecule has 34 heavy (non-hydrogen) atoms. The van der Waals surface area contributed by atoms with Crippen molar-refractivity contribution in [3.05, 3.63) is 94.5 Å². The summed E-state index contributed by atoms with van der Waals surface area (Å²) in [5.41, 5.74) is 4.80. The average Bonchev–Trinajstić information content (AvgIpc) is 2.83. The van der Waals surface area contributed by atoms with Crippen LogP contribution in [-0.4, -0.2) is 38.9 Å². The van der Waals surface area contributed by atoms with Gasteiger partial charge in [-0.05, 0) is 55.7 Å². The summed E-state index contributed by atoms with van der Waals surface area (Å²) in [4.78, 5) is 12.8. The Morgan fingerprint density at radius 3 is 1.82 bits per heavy atom. The Balaban J connectivity index is 2.34. The molecular formula is C28H30O6. The fraction of sp³-hybridized carbons (Fsp3) is 0.250. The smallest absolute Gasteiger partial charge is 0.336 e. The van der Waals surface area contributed by atoms with Crippen molar-refractivity contribution in [1.29, 1.82) is 0 Å². The highest BCUT2D eigenvalue weighted by Gasteiger charge is 2.24. The highest BCUT2D eigenvalue weighted by atomic mass is 16.7. The van der Waals surface area contributed by atoms with Gasteiger partial charge in [-0.1, -0.05) is 53.6 Å². The number of benzene rings is 3. The number of ether oxygens (including phenoxy) is 4. The molecule has 0 aliphatic heterocycles. The summed E-state index contributed by atoms with van der Waals surface area (Å²) >= 11 is 0. The first-order valence-corrected chi connectivity index (χ1v) is 10.9. The van der Waals surface area contributed by atoms with Crippen molar-refractivity contribution in [3.63, 3.8) is 0 Å². The summed E-state index contributed by atoms with van der Waals surface area (Å²) in [5, 5.41) is 10.5. The first-order chi connectivity index (χ1) is 16.4. The van der Waals surface area contributed by atoms with Gasteiger partial charge in [0.25, 0.3) is 0 Å². The van der Waals surface area contributed by atoms with Crippen LogP contribution in [0.15, 0.2) is 66.7 Å². The van der Waals surface area contributed by atoms with E-state index in [0.29, 0.717) is 34.6 Å². The molecule has 0 saturated heterocycles. The molecule has 0 aliphatic rings. The van der Waals surface area contributed by atoms with Gasteiger partial charge in [0.2, 0.25) is 0 Å². The Bertz CT molecular complexity index is 1150. The molecule has 0 aromatic heterocycles. The molecule has 178 valence electrons. The van der Waals surface area contributed by atoms with Crippen molar-refractivity contribution in [2.24, 2.45) is 0 Å². The third-order valence-electron chi connectivity index (χ3n) is 5.27. The summed E-state index contributed by atoms with van der Waals surface area (Å²) in [6, 6.07) is 20.9. The minimum Gasteiger partial charge on any atom is -0.478 e. The van der Waals surface area contributed by atoms with Gasteiger partial charge < -0.3 is 24.1 Å². The summed E-state index contributed by atoms with van der Waals surface area (Å²) in [6.07, 6.45) is 0.382. The molecule has 0 saturated carbocycles. The zero-order valence-electron chi connectivity index (χ0n) is 20.0. The van der Waals surface area contributed by atoms with Gasteiger partial charge in [-0.3, -0.25) is 0 Å². The van der Waals surface area contributed by atoms with E-state index in [1.165, 1.54) is 7.11 Å². The summed E-state index contributed by atoms with van der Waals surface area (Å²) in [7, 11) is 3.07. The highest BCUT2D eigenvalue weighted by Crippen LogP contribution is 2.39. The number of carbonyl (C=O) groups is 1. The van der Waals surface area contributed by atoms with Crippen molar-refractivity contribution in [2.45, 2.75) is 20.3 Å². The lowest BCUT2D eigenvalue weighted by atomic mass is 9.88. The summed E-state index contributed by atoms with van der Waals surface area (Å²) in [6.45, 7) is 3.93. The second kappa shape index (κ2) is 12.0. The molecule has 0 atom stereocenters. The Kier molecular flexibility index (Phi) is 8.85. The standard InChI is InChI=1S/C28H30O6/c1-19-10-12-25(33-17-31-3)22(14-19)23(16-21-8-6-5-7-9-21)27(28(29)30)24-15-20(2)11-13-26(24)34-18-32-4/h5-15H,16-18H2,1-4H3,(H,29,30). The van der Waals surface area contributed by atoms with Crippen LogP contribution >= 0.6 is 0 Å². The van der Waals surface area contributed by atoms with E-state index < -0.39 is 5.97 Å². The number of rotatable bonds is 11. The molecule has 0 spiro atoms. The number of carboxylic acid groups (broad SMARTS) is 1. The van der Waals surface area contributed by atoms with Gasteiger partial charge >= 0.3 is 5.97 Å². The van der Waals surface area contributed by atoms with Gasteiger partial charge in [-0.25, -0.2) is 4.79 Å². The minimum atomic E-state index is -1.06. The van der Waals surface area contributed by atoms with E-state index in [-0.39, 0.29) is 19.2 Å². The SMILES string of the molecule is COCOc1ccc(C)cc1C(Cc1ccccc1)=C(C(=O)O)c1cc(C)ccc1OCOC. The van der Waals surface area contributed by atoms with Crippen LogP contribution < -0.4 is 9.47 Å². The maximum Gasteiger partial charge on any atom is 0.336 e. The predicted molar refractivity (Wildman–Crippen MR) is 132 cm³/mol. The fourth-order valence-electron chi connectivity index (χ4n) is 3.74. The molecular weight excluding hydrogens is 432 g/mol. The first-order valence-electron chi connectivity index (χ1n) is 10.9. The lowest BCUT2D eigenvalue weighted by molar-refractivity contribution is -0.130. The van der Waals surface area contributed by atoms with Gasteiger partial charge in [-0.2, -0.15) is 0 Å². The Morgan fingerprint density at radius 1 is 0.765 bits per heavy atom. The fourth-order valence-corrected chi connectivity index (χ4v) is 3.74. The molecule has 0 heterocycles. The molecule has 0 fully saturated rings. The average molecular weight is 463 g/mol. The summed E-state index contributed by atoms with van der Waals surface area (Å²) in [5.74, 6) is -0.0791. The van der Waals surface area contributed by atoms with E-state index in [2.05, 4.69) is 0 Å². The van der Waals surface area contributed by atoms with Crippen LogP contribution in [0.3, 0.4) is 0 Å². The second-order valence-electron chi connectivity index (χ2n) is 7.92. The molecule has 0 aliphatic carbocycles. The minimum absolute atomic E-state index is 0.00359. The van der Waals surface area contributed by atoms with Gasteiger partial charge in [0.1, 0.15) is 11.5 Å². The van der Waals surface area contributed by atoms with Crippen LogP contribution in [0.5, 0.6) is 11.5 Å². The van der Waals surface area contributed by atoms with E-state index in [1.807, 2.05) is 74.5 Å². The normalized spacial score (nSPS) is 11.6. The van der Waals surface area contributed by atoms with Crippen molar-refractivity contribution in [2.75, 3.05) is 27.8 Å². The molecule has 1 N–H and O–H groups in total. The van der Waals surface area contributed by atoms with Crippen molar-refractivity contribution in [1.82, 2.24) is 0 Å². The third-order valence-corrected chi connectivity index (χ3v) is 5.27. The van der Waals surface area contributed by atoms with Crippen LogP contribution in [0, 0.1) is 13.8 Å². The van der Waals surface area contributed by atoms with Crippen molar-refractivity contribution in [3.8, 4) is 11.5 Å². The second-order valence-corrected chi connectivity index (χ2v) is 7.92. The Hall–Kier alpha value is -3.61. The molecule has 6 heteroatoms. The largest absolute Gasteiger partial charge is 0.478 e. The lowest BCUT2D eigenvalue weighted by Gasteiger charge is -2.20. The third kappa shape index (κ3) is 6.25. The lowest BCUT2D eigenvalue weighted by Crippen LogP contribution is -2.10. The van der Waals surface area contributed by atoms with Crippen LogP contribution in [-0.2, 0) is 20.7 Å². The number of aliphatic carboxylic acids is 1.